The quantitative estimate of drug-likeness (QED) is 0.749. The molecule has 0 aromatic carbocycles. The molecule has 0 N–H and O–H groups in total. The van der Waals surface area contributed by atoms with Crippen LogP contribution in [0.25, 0.3) is 0 Å². The van der Waals surface area contributed by atoms with Crippen molar-refractivity contribution in [3.05, 3.63) is 17.1 Å². The molecule has 0 saturated carbocycles. The lowest BCUT2D eigenvalue weighted by Crippen LogP contribution is -2.53. The van der Waals surface area contributed by atoms with Crippen LogP contribution in [-0.2, 0) is 22.3 Å². The monoisotopic (exact) mass is 291 g/mol. The summed E-state index contributed by atoms with van der Waals surface area (Å²) in [4.78, 5) is 11.7. The second-order valence-electron chi connectivity index (χ2n) is 5.97. The van der Waals surface area contributed by atoms with Crippen LogP contribution in [0.4, 0.5) is 5.82 Å². The predicted octanol–water partition coefficient (Wildman–Crippen LogP) is 1.91. The molecule has 1 saturated heterocycles. The van der Waals surface area contributed by atoms with Crippen LogP contribution in [0.15, 0.2) is 0 Å². The smallest absolute Gasteiger partial charge is 0.135 e. The summed E-state index contributed by atoms with van der Waals surface area (Å²) in [5, 5.41) is 0. The van der Waals surface area contributed by atoms with Gasteiger partial charge < -0.3 is 14.4 Å². The number of anilines is 1. The molecular formula is C16H25N3O2. The van der Waals surface area contributed by atoms with Crippen molar-refractivity contribution in [3.63, 3.8) is 0 Å². The molecule has 0 spiro atoms. The molecular weight excluding hydrogens is 266 g/mol. The molecule has 1 aromatic heterocycles. The van der Waals surface area contributed by atoms with Gasteiger partial charge in [-0.05, 0) is 39.0 Å². The predicted molar refractivity (Wildman–Crippen MR) is 81.9 cm³/mol. The molecule has 5 nitrogen and oxygen atoms in total. The Morgan fingerprint density at radius 1 is 1.14 bits per heavy atom. The lowest BCUT2D eigenvalue weighted by molar-refractivity contribution is 0.0229. The van der Waals surface area contributed by atoms with Gasteiger partial charge in [0.25, 0.3) is 0 Å². The fourth-order valence-corrected chi connectivity index (χ4v) is 3.13. The van der Waals surface area contributed by atoms with E-state index in [9.17, 15) is 0 Å². The number of nitrogens with zero attached hydrogens (tertiary/aromatic N) is 3. The van der Waals surface area contributed by atoms with Gasteiger partial charge in [-0.25, -0.2) is 9.97 Å². The van der Waals surface area contributed by atoms with E-state index in [-0.39, 0.29) is 0 Å². The Bertz CT molecular complexity index is 487. The van der Waals surface area contributed by atoms with E-state index in [0.717, 1.165) is 57.2 Å². The minimum atomic E-state index is 0.344. The van der Waals surface area contributed by atoms with Crippen LogP contribution >= 0.6 is 0 Å². The molecule has 0 bridgehead atoms. The number of hydrogen-bond acceptors (Lipinski definition) is 5. The maximum atomic E-state index is 5.84. The first-order chi connectivity index (χ1) is 10.3. The average Bonchev–Trinajstić information content (AvgIpc) is 2.44. The molecule has 116 valence electrons. The first-order valence-corrected chi connectivity index (χ1v) is 8.00. The number of fused-ring (bicyclic) bond motifs is 1. The minimum absolute atomic E-state index is 0.344. The van der Waals surface area contributed by atoms with Crippen molar-refractivity contribution in [3.8, 4) is 0 Å². The largest absolute Gasteiger partial charge is 0.385 e. The molecule has 2 aliphatic rings. The summed E-state index contributed by atoms with van der Waals surface area (Å²) in [5.41, 5.74) is 2.65. The van der Waals surface area contributed by atoms with E-state index in [0.29, 0.717) is 6.10 Å². The Morgan fingerprint density at radius 2 is 1.95 bits per heavy atom. The number of methoxy groups -OCH3 is 1. The van der Waals surface area contributed by atoms with Gasteiger partial charge in [0.05, 0.1) is 6.10 Å². The third-order valence-corrected chi connectivity index (χ3v) is 4.27. The average molecular weight is 291 g/mol. The van der Waals surface area contributed by atoms with E-state index in [2.05, 4.69) is 9.88 Å². The third-order valence-electron chi connectivity index (χ3n) is 4.27. The van der Waals surface area contributed by atoms with Gasteiger partial charge >= 0.3 is 0 Å². The van der Waals surface area contributed by atoms with Crippen LogP contribution in [-0.4, -0.2) is 49.5 Å². The normalized spacial score (nSPS) is 18.5. The van der Waals surface area contributed by atoms with Crippen LogP contribution < -0.4 is 4.90 Å². The van der Waals surface area contributed by atoms with Crippen LogP contribution in [0.1, 0.15) is 36.3 Å². The van der Waals surface area contributed by atoms with Gasteiger partial charge in [-0.2, -0.15) is 0 Å². The molecule has 1 aromatic rings. The van der Waals surface area contributed by atoms with Crippen molar-refractivity contribution in [2.45, 2.75) is 45.1 Å². The van der Waals surface area contributed by atoms with Gasteiger partial charge in [0.1, 0.15) is 11.6 Å². The highest BCUT2D eigenvalue weighted by Crippen LogP contribution is 2.31. The highest BCUT2D eigenvalue weighted by Gasteiger charge is 2.31. The Labute approximate surface area is 126 Å². The molecule has 5 heteroatoms. The fraction of sp³-hybridized carbons (Fsp3) is 0.750. The SMILES string of the molecule is COCCCOC1CN(c2nc(C)nc3c2CCCC3)C1. The van der Waals surface area contributed by atoms with Crippen LogP contribution in [0, 0.1) is 6.92 Å². The zero-order valence-corrected chi connectivity index (χ0v) is 13.1. The van der Waals surface area contributed by atoms with Crippen molar-refractivity contribution < 1.29 is 9.47 Å². The zero-order valence-electron chi connectivity index (χ0n) is 13.1. The highest BCUT2D eigenvalue weighted by atomic mass is 16.5. The molecule has 0 amide bonds. The van der Waals surface area contributed by atoms with Crippen molar-refractivity contribution in [2.75, 3.05) is 38.3 Å². The summed E-state index contributed by atoms with van der Waals surface area (Å²) in [6.45, 7) is 5.46. The summed E-state index contributed by atoms with van der Waals surface area (Å²) in [5.74, 6) is 2.06. The minimum Gasteiger partial charge on any atom is -0.385 e. The maximum absolute atomic E-state index is 5.84. The number of aryl methyl sites for hydroxylation is 2. The maximum Gasteiger partial charge on any atom is 0.135 e. The molecule has 0 unspecified atom stereocenters. The van der Waals surface area contributed by atoms with Crippen molar-refractivity contribution in [1.82, 2.24) is 9.97 Å². The number of ether oxygens (including phenoxy) is 2. The van der Waals surface area contributed by atoms with Crippen LogP contribution in [0.2, 0.25) is 0 Å². The summed E-state index contributed by atoms with van der Waals surface area (Å²) in [6.07, 6.45) is 6.06. The first-order valence-electron chi connectivity index (χ1n) is 8.00. The summed E-state index contributed by atoms with van der Waals surface area (Å²) in [6, 6.07) is 0. The Morgan fingerprint density at radius 3 is 2.76 bits per heavy atom. The summed E-state index contributed by atoms with van der Waals surface area (Å²) < 4.78 is 10.9. The summed E-state index contributed by atoms with van der Waals surface area (Å²) in [7, 11) is 1.73. The van der Waals surface area contributed by atoms with E-state index < -0.39 is 0 Å². The molecule has 1 aliphatic heterocycles. The van der Waals surface area contributed by atoms with Gasteiger partial charge in [0.2, 0.25) is 0 Å². The topological polar surface area (TPSA) is 47.5 Å². The van der Waals surface area contributed by atoms with Gasteiger partial charge in [-0.3, -0.25) is 0 Å². The van der Waals surface area contributed by atoms with E-state index in [1.807, 2.05) is 6.92 Å². The van der Waals surface area contributed by atoms with E-state index in [1.54, 1.807) is 7.11 Å². The fourth-order valence-electron chi connectivity index (χ4n) is 3.13. The zero-order chi connectivity index (χ0) is 14.7. The number of rotatable bonds is 6. The first kappa shape index (κ1) is 14.7. The van der Waals surface area contributed by atoms with Crippen LogP contribution in [0.3, 0.4) is 0 Å². The van der Waals surface area contributed by atoms with E-state index in [1.165, 1.54) is 24.1 Å². The molecule has 2 heterocycles. The van der Waals surface area contributed by atoms with Gasteiger partial charge in [-0.1, -0.05) is 0 Å². The summed E-state index contributed by atoms with van der Waals surface area (Å²) >= 11 is 0. The molecule has 0 atom stereocenters. The van der Waals surface area contributed by atoms with Crippen molar-refractivity contribution in [2.24, 2.45) is 0 Å². The highest BCUT2D eigenvalue weighted by molar-refractivity contribution is 5.52. The Hall–Kier alpha value is -1.20. The molecule has 0 radical (unpaired) electrons. The third kappa shape index (κ3) is 3.35. The van der Waals surface area contributed by atoms with E-state index >= 15 is 0 Å². The molecule has 21 heavy (non-hydrogen) atoms. The van der Waals surface area contributed by atoms with Gasteiger partial charge in [0, 0.05) is 44.7 Å². The van der Waals surface area contributed by atoms with Crippen molar-refractivity contribution in [1.29, 1.82) is 0 Å². The van der Waals surface area contributed by atoms with Crippen LogP contribution in [0.5, 0.6) is 0 Å². The Kier molecular flexibility index (Phi) is 4.70. The van der Waals surface area contributed by atoms with Gasteiger partial charge in [-0.15, -0.1) is 0 Å². The van der Waals surface area contributed by atoms with Crippen molar-refractivity contribution >= 4 is 5.82 Å². The standard InChI is InChI=1S/C16H25N3O2/c1-12-17-15-7-4-3-6-14(15)16(18-12)19-10-13(11-19)21-9-5-8-20-2/h13H,3-11H2,1-2H3. The second-order valence-corrected chi connectivity index (χ2v) is 5.97. The molecule has 1 aliphatic carbocycles. The molecule has 1 fully saturated rings. The molecule has 3 rings (SSSR count). The second kappa shape index (κ2) is 6.71. The number of aromatic nitrogens is 2. The van der Waals surface area contributed by atoms with E-state index in [4.69, 9.17) is 14.5 Å². The number of hydrogen-bond donors (Lipinski definition) is 0. The van der Waals surface area contributed by atoms with Gasteiger partial charge in [0.15, 0.2) is 0 Å². The lowest BCUT2D eigenvalue weighted by atomic mass is 9.95. The Balaban J connectivity index is 1.58. The lowest BCUT2D eigenvalue weighted by Gasteiger charge is -2.41.